The van der Waals surface area contributed by atoms with Gasteiger partial charge >= 0.3 is 11.9 Å². The average Bonchev–Trinajstić information content (AvgIpc) is 2.28. The average molecular weight is 218 g/mol. The second kappa shape index (κ2) is 4.99. The summed E-state index contributed by atoms with van der Waals surface area (Å²) in [5, 5.41) is 8.65. The summed E-state index contributed by atoms with van der Waals surface area (Å²) in [7, 11) is 0. The van der Waals surface area contributed by atoms with Gasteiger partial charge in [-0.25, -0.2) is 4.79 Å². The Balaban J connectivity index is 2.73. The van der Waals surface area contributed by atoms with Crippen LogP contribution < -0.4 is 4.74 Å². The molecule has 4 heteroatoms. The molecule has 1 rings (SSSR count). The summed E-state index contributed by atoms with van der Waals surface area (Å²) in [4.78, 5) is 21.8. The maximum Gasteiger partial charge on any atom is 0.335 e. The SMILES string of the molecule is C#CC(C)C(=O)Oc1ccc(C(=O)O)cc1. The van der Waals surface area contributed by atoms with E-state index in [-0.39, 0.29) is 11.3 Å². The molecule has 0 aliphatic carbocycles. The lowest BCUT2D eigenvalue weighted by Gasteiger charge is -2.05. The highest BCUT2D eigenvalue weighted by molar-refractivity contribution is 5.87. The van der Waals surface area contributed by atoms with Gasteiger partial charge in [0, 0.05) is 0 Å². The van der Waals surface area contributed by atoms with E-state index in [9.17, 15) is 9.59 Å². The Kier molecular flexibility index (Phi) is 3.67. The van der Waals surface area contributed by atoms with Gasteiger partial charge < -0.3 is 9.84 Å². The van der Waals surface area contributed by atoms with Crippen LogP contribution in [0.4, 0.5) is 0 Å². The molecule has 1 aromatic carbocycles. The minimum atomic E-state index is -1.03. The molecule has 0 saturated heterocycles. The van der Waals surface area contributed by atoms with E-state index in [4.69, 9.17) is 16.3 Å². The number of rotatable bonds is 3. The van der Waals surface area contributed by atoms with E-state index in [1.54, 1.807) is 6.92 Å². The molecule has 0 heterocycles. The van der Waals surface area contributed by atoms with Crippen LogP contribution in [0, 0.1) is 18.3 Å². The van der Waals surface area contributed by atoms with E-state index in [0.29, 0.717) is 0 Å². The molecule has 1 N–H and O–H groups in total. The Morgan fingerprint density at radius 2 is 1.94 bits per heavy atom. The fourth-order valence-corrected chi connectivity index (χ4v) is 0.938. The Morgan fingerprint density at radius 1 is 1.38 bits per heavy atom. The topological polar surface area (TPSA) is 63.6 Å². The Labute approximate surface area is 92.9 Å². The van der Waals surface area contributed by atoms with Crippen LogP contribution in [0.3, 0.4) is 0 Å². The normalized spacial score (nSPS) is 11.2. The second-order valence-electron chi connectivity index (χ2n) is 3.14. The van der Waals surface area contributed by atoms with Gasteiger partial charge in [-0.15, -0.1) is 6.42 Å². The van der Waals surface area contributed by atoms with Crippen molar-refractivity contribution in [3.63, 3.8) is 0 Å². The largest absolute Gasteiger partial charge is 0.478 e. The van der Waals surface area contributed by atoms with Gasteiger partial charge in [0.2, 0.25) is 0 Å². The fourth-order valence-electron chi connectivity index (χ4n) is 0.938. The molecular formula is C12H10O4. The van der Waals surface area contributed by atoms with E-state index < -0.39 is 17.9 Å². The molecular weight excluding hydrogens is 208 g/mol. The zero-order valence-corrected chi connectivity index (χ0v) is 8.64. The van der Waals surface area contributed by atoms with Crippen LogP contribution >= 0.6 is 0 Å². The summed E-state index contributed by atoms with van der Waals surface area (Å²) in [6.07, 6.45) is 5.06. The quantitative estimate of drug-likeness (QED) is 0.475. The first-order valence-electron chi connectivity index (χ1n) is 4.55. The highest BCUT2D eigenvalue weighted by Crippen LogP contribution is 2.13. The van der Waals surface area contributed by atoms with Gasteiger partial charge in [0.1, 0.15) is 11.7 Å². The Morgan fingerprint density at radius 3 is 2.38 bits per heavy atom. The maximum absolute atomic E-state index is 11.3. The van der Waals surface area contributed by atoms with Crippen molar-refractivity contribution in [3.8, 4) is 18.1 Å². The predicted molar refractivity (Wildman–Crippen MR) is 57.0 cm³/mol. The Hall–Kier alpha value is -2.28. The number of carboxylic acids is 1. The van der Waals surface area contributed by atoms with Crippen molar-refractivity contribution in [2.45, 2.75) is 6.92 Å². The van der Waals surface area contributed by atoms with Gasteiger partial charge in [-0.05, 0) is 31.2 Å². The molecule has 0 saturated carbocycles. The monoisotopic (exact) mass is 218 g/mol. The summed E-state index contributed by atoms with van der Waals surface area (Å²) >= 11 is 0. The lowest BCUT2D eigenvalue weighted by Crippen LogP contribution is -2.16. The van der Waals surface area contributed by atoms with Crippen LogP contribution in [-0.2, 0) is 4.79 Å². The van der Waals surface area contributed by atoms with Crippen molar-refractivity contribution < 1.29 is 19.4 Å². The van der Waals surface area contributed by atoms with E-state index in [2.05, 4.69) is 5.92 Å². The number of carboxylic acid groups (broad SMARTS) is 1. The molecule has 16 heavy (non-hydrogen) atoms. The summed E-state index contributed by atoms with van der Waals surface area (Å²) in [5.74, 6) is 0.326. The number of carbonyl (C=O) groups excluding carboxylic acids is 1. The number of carbonyl (C=O) groups is 2. The maximum atomic E-state index is 11.3. The number of aromatic carboxylic acids is 1. The molecule has 0 fully saturated rings. The summed E-state index contributed by atoms with van der Waals surface area (Å²) in [5.41, 5.74) is 0.129. The highest BCUT2D eigenvalue weighted by atomic mass is 16.5. The number of esters is 1. The summed E-state index contributed by atoms with van der Waals surface area (Å²) in [6, 6.07) is 5.52. The molecule has 0 bridgehead atoms. The molecule has 82 valence electrons. The fraction of sp³-hybridized carbons (Fsp3) is 0.167. The van der Waals surface area contributed by atoms with E-state index in [0.717, 1.165) is 0 Å². The number of hydrogen-bond donors (Lipinski definition) is 1. The van der Waals surface area contributed by atoms with Gasteiger partial charge in [0.25, 0.3) is 0 Å². The van der Waals surface area contributed by atoms with Crippen LogP contribution in [0.15, 0.2) is 24.3 Å². The van der Waals surface area contributed by atoms with Crippen molar-refractivity contribution in [3.05, 3.63) is 29.8 Å². The molecule has 4 nitrogen and oxygen atoms in total. The van der Waals surface area contributed by atoms with Gasteiger partial charge in [-0.2, -0.15) is 0 Å². The zero-order chi connectivity index (χ0) is 12.1. The smallest absolute Gasteiger partial charge is 0.335 e. The number of ether oxygens (including phenoxy) is 1. The first kappa shape index (κ1) is 11.8. The predicted octanol–water partition coefficient (Wildman–Crippen LogP) is 1.56. The summed E-state index contributed by atoms with van der Waals surface area (Å²) < 4.78 is 4.93. The third-order valence-electron chi connectivity index (χ3n) is 1.92. The van der Waals surface area contributed by atoms with Crippen molar-refractivity contribution in [1.82, 2.24) is 0 Å². The van der Waals surface area contributed by atoms with Crippen LogP contribution in [-0.4, -0.2) is 17.0 Å². The number of hydrogen-bond acceptors (Lipinski definition) is 3. The molecule has 1 atom stereocenters. The molecule has 1 unspecified atom stereocenters. The minimum absolute atomic E-state index is 0.129. The first-order valence-corrected chi connectivity index (χ1v) is 4.55. The molecule has 0 radical (unpaired) electrons. The van der Waals surface area contributed by atoms with Crippen LogP contribution in [0.2, 0.25) is 0 Å². The minimum Gasteiger partial charge on any atom is -0.478 e. The molecule has 0 aliphatic heterocycles. The first-order chi connectivity index (χ1) is 7.54. The lowest BCUT2D eigenvalue weighted by atomic mass is 10.2. The third-order valence-corrected chi connectivity index (χ3v) is 1.92. The standard InChI is InChI=1S/C12H10O4/c1-3-8(2)12(15)16-10-6-4-9(5-7-10)11(13)14/h1,4-8H,2H3,(H,13,14). The zero-order valence-electron chi connectivity index (χ0n) is 8.64. The lowest BCUT2D eigenvalue weighted by molar-refractivity contribution is -0.136. The molecule has 1 aromatic rings. The van der Waals surface area contributed by atoms with E-state index in [1.807, 2.05) is 0 Å². The highest BCUT2D eigenvalue weighted by Gasteiger charge is 2.12. The molecule has 0 spiro atoms. The molecule has 0 aromatic heterocycles. The molecule has 0 aliphatic rings. The third kappa shape index (κ3) is 2.85. The van der Waals surface area contributed by atoms with Crippen molar-refractivity contribution in [2.24, 2.45) is 5.92 Å². The second-order valence-corrected chi connectivity index (χ2v) is 3.14. The van der Waals surface area contributed by atoms with Crippen LogP contribution in [0.25, 0.3) is 0 Å². The van der Waals surface area contributed by atoms with Crippen molar-refractivity contribution >= 4 is 11.9 Å². The van der Waals surface area contributed by atoms with Crippen LogP contribution in [0.5, 0.6) is 5.75 Å². The Bertz CT molecular complexity index is 439. The van der Waals surface area contributed by atoms with Crippen molar-refractivity contribution in [2.75, 3.05) is 0 Å². The van der Waals surface area contributed by atoms with Gasteiger partial charge in [0.05, 0.1) is 5.56 Å². The van der Waals surface area contributed by atoms with Gasteiger partial charge in [-0.1, -0.05) is 5.92 Å². The number of terminal acetylenes is 1. The summed E-state index contributed by atoms with van der Waals surface area (Å²) in [6.45, 7) is 1.55. The van der Waals surface area contributed by atoms with Crippen molar-refractivity contribution in [1.29, 1.82) is 0 Å². The van der Waals surface area contributed by atoms with E-state index in [1.165, 1.54) is 24.3 Å². The number of benzene rings is 1. The molecule has 0 amide bonds. The van der Waals surface area contributed by atoms with Gasteiger partial charge in [-0.3, -0.25) is 4.79 Å². The van der Waals surface area contributed by atoms with E-state index >= 15 is 0 Å². The van der Waals surface area contributed by atoms with Crippen LogP contribution in [0.1, 0.15) is 17.3 Å². The van der Waals surface area contributed by atoms with Gasteiger partial charge in [0.15, 0.2) is 0 Å².